The van der Waals surface area contributed by atoms with Gasteiger partial charge in [0.25, 0.3) is 0 Å². The fourth-order valence-corrected chi connectivity index (χ4v) is 3.75. The van der Waals surface area contributed by atoms with Crippen LogP contribution in [-0.2, 0) is 4.79 Å². The zero-order chi connectivity index (χ0) is 12.7. The molecule has 3 nitrogen and oxygen atoms in total. The van der Waals surface area contributed by atoms with Crippen molar-refractivity contribution < 1.29 is 4.79 Å². The van der Waals surface area contributed by atoms with Crippen molar-refractivity contribution in [1.29, 1.82) is 0 Å². The highest BCUT2D eigenvalue weighted by atomic mass is 32.1. The lowest BCUT2D eigenvalue weighted by Crippen LogP contribution is -2.14. The number of aryl methyl sites for hydroxylation is 2. The average Bonchev–Trinajstić information content (AvgIpc) is 2.82. The van der Waals surface area contributed by atoms with Gasteiger partial charge in [0.2, 0.25) is 5.91 Å². The minimum atomic E-state index is 0.113. The smallest absolute Gasteiger partial charge is 0.229 e. The van der Waals surface area contributed by atoms with Crippen LogP contribution in [0.25, 0.3) is 0 Å². The van der Waals surface area contributed by atoms with Gasteiger partial charge in [0.15, 0.2) is 5.13 Å². The van der Waals surface area contributed by atoms with E-state index in [1.165, 1.54) is 4.88 Å². The van der Waals surface area contributed by atoms with Crippen LogP contribution in [-0.4, -0.2) is 10.9 Å². The van der Waals surface area contributed by atoms with Gasteiger partial charge >= 0.3 is 0 Å². The summed E-state index contributed by atoms with van der Waals surface area (Å²) in [6.07, 6.45) is 0.968. The molecule has 0 aliphatic heterocycles. The highest BCUT2D eigenvalue weighted by Crippen LogP contribution is 2.49. The number of carbonyl (C=O) groups is 1. The first-order valence-electron chi connectivity index (χ1n) is 5.93. The number of nitrogens with one attached hydrogen (secondary N) is 1. The first-order valence-corrected chi connectivity index (χ1v) is 7.63. The molecule has 0 saturated heterocycles. The largest absolute Gasteiger partial charge is 0.302 e. The highest BCUT2D eigenvalue weighted by molar-refractivity contribution is 7.15. The lowest BCUT2D eigenvalue weighted by molar-refractivity contribution is -0.117. The maximum absolute atomic E-state index is 12.1. The summed E-state index contributed by atoms with van der Waals surface area (Å²) in [6.45, 7) is 3.99. The standard InChI is InChI=1S/C13H14N2OS2/c1-7-8(2)18-13(14-7)15-12(16)10-6-9(10)11-4-3-5-17-11/h3-5,9-10H,6H2,1-2H3,(H,14,15,16). The molecule has 2 aromatic rings. The number of nitrogens with zero attached hydrogens (tertiary/aromatic N) is 1. The minimum absolute atomic E-state index is 0.113. The van der Waals surface area contributed by atoms with Crippen LogP contribution in [0.4, 0.5) is 5.13 Å². The molecule has 1 aliphatic carbocycles. The molecule has 1 fully saturated rings. The number of thiazole rings is 1. The molecule has 3 rings (SSSR count). The summed E-state index contributed by atoms with van der Waals surface area (Å²) < 4.78 is 0. The van der Waals surface area contributed by atoms with Crippen LogP contribution in [0.5, 0.6) is 0 Å². The molecule has 2 atom stereocenters. The van der Waals surface area contributed by atoms with Crippen LogP contribution in [0, 0.1) is 19.8 Å². The molecule has 18 heavy (non-hydrogen) atoms. The van der Waals surface area contributed by atoms with Crippen molar-refractivity contribution in [2.45, 2.75) is 26.2 Å². The second-order valence-electron chi connectivity index (χ2n) is 4.61. The second-order valence-corrected chi connectivity index (χ2v) is 6.80. The normalized spacial score (nSPS) is 21.9. The van der Waals surface area contributed by atoms with Gasteiger partial charge in [-0.3, -0.25) is 4.79 Å². The summed E-state index contributed by atoms with van der Waals surface area (Å²) in [6, 6.07) is 4.15. The lowest BCUT2D eigenvalue weighted by Gasteiger charge is -1.99. The number of anilines is 1. The van der Waals surface area contributed by atoms with Crippen LogP contribution in [0.2, 0.25) is 0 Å². The Kier molecular flexibility index (Phi) is 2.95. The number of carbonyl (C=O) groups excluding carboxylic acids is 1. The van der Waals surface area contributed by atoms with E-state index >= 15 is 0 Å². The van der Waals surface area contributed by atoms with E-state index in [1.807, 2.05) is 19.9 Å². The van der Waals surface area contributed by atoms with Crippen molar-refractivity contribution in [2.75, 3.05) is 5.32 Å². The fourth-order valence-electron chi connectivity index (χ4n) is 2.03. The maximum Gasteiger partial charge on any atom is 0.229 e. The Morgan fingerprint density at radius 1 is 1.50 bits per heavy atom. The SMILES string of the molecule is Cc1nc(NC(=O)C2CC2c2cccs2)sc1C. The molecule has 2 heterocycles. The summed E-state index contributed by atoms with van der Waals surface area (Å²) in [5.41, 5.74) is 1.00. The van der Waals surface area contributed by atoms with Gasteiger partial charge < -0.3 is 5.32 Å². The van der Waals surface area contributed by atoms with Gasteiger partial charge in [0.1, 0.15) is 0 Å². The Morgan fingerprint density at radius 3 is 2.94 bits per heavy atom. The molecule has 0 radical (unpaired) electrons. The van der Waals surface area contributed by atoms with Gasteiger partial charge in [0, 0.05) is 21.6 Å². The van der Waals surface area contributed by atoms with Crippen LogP contribution in [0.1, 0.15) is 27.8 Å². The summed E-state index contributed by atoms with van der Waals surface area (Å²) in [4.78, 5) is 18.9. The van der Waals surface area contributed by atoms with Crippen molar-refractivity contribution >= 4 is 33.7 Å². The van der Waals surface area contributed by atoms with Crippen LogP contribution < -0.4 is 5.32 Å². The number of hydrogen-bond donors (Lipinski definition) is 1. The molecule has 2 unspecified atom stereocenters. The summed E-state index contributed by atoms with van der Waals surface area (Å²) in [5, 5.41) is 5.72. The van der Waals surface area contributed by atoms with E-state index in [4.69, 9.17) is 0 Å². The van der Waals surface area contributed by atoms with Crippen molar-refractivity contribution in [1.82, 2.24) is 4.98 Å². The quantitative estimate of drug-likeness (QED) is 0.932. The summed E-state index contributed by atoms with van der Waals surface area (Å²) >= 11 is 3.28. The Balaban J connectivity index is 1.64. The van der Waals surface area contributed by atoms with E-state index in [9.17, 15) is 4.79 Å². The molecule has 1 aliphatic rings. The van der Waals surface area contributed by atoms with Crippen LogP contribution in [0.3, 0.4) is 0 Å². The predicted octanol–water partition coefficient (Wildman–Crippen LogP) is 3.56. The summed E-state index contributed by atoms with van der Waals surface area (Å²) in [5.74, 6) is 0.669. The number of thiophene rings is 1. The van der Waals surface area contributed by atoms with E-state index in [1.54, 1.807) is 22.7 Å². The molecular formula is C13H14N2OS2. The molecule has 1 saturated carbocycles. The molecule has 1 N–H and O–H groups in total. The van der Waals surface area contributed by atoms with E-state index in [0.717, 1.165) is 22.1 Å². The number of amides is 1. The van der Waals surface area contributed by atoms with E-state index in [0.29, 0.717) is 5.92 Å². The molecule has 0 spiro atoms. The maximum atomic E-state index is 12.1. The third kappa shape index (κ3) is 2.20. The Labute approximate surface area is 114 Å². The number of hydrogen-bond acceptors (Lipinski definition) is 4. The third-order valence-electron chi connectivity index (χ3n) is 3.29. The molecule has 0 aromatic carbocycles. The minimum Gasteiger partial charge on any atom is -0.302 e. The first kappa shape index (κ1) is 11.9. The molecule has 5 heteroatoms. The third-order valence-corrected chi connectivity index (χ3v) is 5.29. The van der Waals surface area contributed by atoms with Gasteiger partial charge in [-0.25, -0.2) is 4.98 Å². The zero-order valence-electron chi connectivity index (χ0n) is 10.3. The van der Waals surface area contributed by atoms with E-state index in [2.05, 4.69) is 21.7 Å². The topological polar surface area (TPSA) is 42.0 Å². The van der Waals surface area contributed by atoms with Gasteiger partial charge in [0.05, 0.1) is 5.69 Å². The van der Waals surface area contributed by atoms with Crippen molar-refractivity contribution in [2.24, 2.45) is 5.92 Å². The van der Waals surface area contributed by atoms with Crippen molar-refractivity contribution in [3.63, 3.8) is 0 Å². The zero-order valence-corrected chi connectivity index (χ0v) is 11.9. The van der Waals surface area contributed by atoms with E-state index < -0.39 is 0 Å². The average molecular weight is 278 g/mol. The first-order chi connectivity index (χ1) is 8.65. The predicted molar refractivity (Wildman–Crippen MR) is 75.4 cm³/mol. The fraction of sp³-hybridized carbons (Fsp3) is 0.385. The van der Waals surface area contributed by atoms with Gasteiger partial charge in [-0.1, -0.05) is 6.07 Å². The second kappa shape index (κ2) is 4.48. The lowest BCUT2D eigenvalue weighted by atomic mass is 10.2. The molecule has 94 valence electrons. The van der Waals surface area contributed by atoms with Crippen LogP contribution in [0.15, 0.2) is 17.5 Å². The number of rotatable bonds is 3. The Morgan fingerprint density at radius 2 is 2.33 bits per heavy atom. The van der Waals surface area contributed by atoms with E-state index in [-0.39, 0.29) is 11.8 Å². The Hall–Kier alpha value is -1.20. The molecule has 0 bridgehead atoms. The molecule has 2 aromatic heterocycles. The molecular weight excluding hydrogens is 264 g/mol. The Bertz CT molecular complexity index is 554. The summed E-state index contributed by atoms with van der Waals surface area (Å²) in [7, 11) is 0. The van der Waals surface area contributed by atoms with Gasteiger partial charge in [-0.2, -0.15) is 0 Å². The molecule has 1 amide bonds. The van der Waals surface area contributed by atoms with Gasteiger partial charge in [-0.15, -0.1) is 22.7 Å². The van der Waals surface area contributed by atoms with Crippen molar-refractivity contribution in [3.8, 4) is 0 Å². The van der Waals surface area contributed by atoms with Gasteiger partial charge in [-0.05, 0) is 31.7 Å². The van der Waals surface area contributed by atoms with Crippen LogP contribution >= 0.6 is 22.7 Å². The number of aromatic nitrogens is 1. The van der Waals surface area contributed by atoms with Crippen molar-refractivity contribution in [3.05, 3.63) is 33.0 Å². The highest BCUT2D eigenvalue weighted by Gasteiger charge is 2.44. The monoisotopic (exact) mass is 278 g/mol.